The zero-order chi connectivity index (χ0) is 25.3. The van der Waals surface area contributed by atoms with E-state index >= 15 is 0 Å². The molecule has 2 atom stereocenters. The molecule has 1 aliphatic heterocycles. The van der Waals surface area contributed by atoms with Gasteiger partial charge in [-0.15, -0.1) is 0 Å². The average molecular weight is 514 g/mol. The molecule has 0 spiro atoms. The van der Waals surface area contributed by atoms with Crippen LogP contribution in [0.3, 0.4) is 0 Å². The van der Waals surface area contributed by atoms with Crippen LogP contribution in [0.1, 0.15) is 65.9 Å². The van der Waals surface area contributed by atoms with Crippen LogP contribution in [0.25, 0.3) is 0 Å². The van der Waals surface area contributed by atoms with Gasteiger partial charge in [0.2, 0.25) is 10.0 Å². The summed E-state index contributed by atoms with van der Waals surface area (Å²) in [6.45, 7) is 9.53. The molecule has 192 valence electrons. The quantitative estimate of drug-likeness (QED) is 0.552. The second-order valence-electron chi connectivity index (χ2n) is 11.0. The number of nitrogens with zero attached hydrogens (tertiary/aromatic N) is 1. The van der Waals surface area contributed by atoms with E-state index in [0.717, 1.165) is 12.8 Å². The van der Waals surface area contributed by atoms with Gasteiger partial charge in [-0.2, -0.15) is 4.31 Å². The summed E-state index contributed by atoms with van der Waals surface area (Å²) in [5, 5.41) is 0. The fourth-order valence-corrected chi connectivity index (χ4v) is 7.96. The van der Waals surface area contributed by atoms with Crippen LogP contribution in [-0.2, 0) is 35.8 Å². The summed E-state index contributed by atoms with van der Waals surface area (Å²) < 4.78 is 57.7. The Morgan fingerprint density at radius 2 is 1.59 bits per heavy atom. The molecular weight excluding hydrogens is 474 g/mol. The zero-order valence-electron chi connectivity index (χ0n) is 21.0. The number of carbonyl (C=O) groups is 1. The fraction of sp³-hybridized carbons (Fsp3) is 0.720. The summed E-state index contributed by atoms with van der Waals surface area (Å²) >= 11 is 0. The molecule has 7 nitrogen and oxygen atoms in total. The van der Waals surface area contributed by atoms with Crippen LogP contribution < -0.4 is 0 Å². The van der Waals surface area contributed by atoms with Gasteiger partial charge in [-0.1, -0.05) is 12.1 Å². The smallest absolute Gasteiger partial charge is 0.243 e. The third kappa shape index (κ3) is 6.47. The van der Waals surface area contributed by atoms with Crippen LogP contribution >= 0.6 is 0 Å². The largest absolute Gasteiger partial charge is 0.373 e. The molecule has 1 saturated heterocycles. The Morgan fingerprint density at radius 1 is 1.00 bits per heavy atom. The molecule has 0 bridgehead atoms. The molecule has 2 fully saturated rings. The van der Waals surface area contributed by atoms with Crippen molar-refractivity contribution < 1.29 is 26.4 Å². The molecule has 9 heteroatoms. The first-order valence-electron chi connectivity index (χ1n) is 12.2. The predicted octanol–water partition coefficient (Wildman–Crippen LogP) is 3.62. The minimum Gasteiger partial charge on any atom is -0.373 e. The van der Waals surface area contributed by atoms with Gasteiger partial charge < -0.3 is 4.74 Å². The van der Waals surface area contributed by atoms with Crippen LogP contribution in [-0.4, -0.2) is 62.7 Å². The van der Waals surface area contributed by atoms with E-state index in [1.165, 1.54) is 4.31 Å². The first-order valence-corrected chi connectivity index (χ1v) is 15.3. The van der Waals surface area contributed by atoms with Crippen LogP contribution in [0, 0.1) is 11.8 Å². The highest BCUT2D eigenvalue weighted by molar-refractivity contribution is 7.92. The van der Waals surface area contributed by atoms with Crippen molar-refractivity contribution in [2.24, 2.45) is 11.8 Å². The molecule has 1 aromatic carbocycles. The van der Waals surface area contributed by atoms with Gasteiger partial charge in [-0.05, 0) is 83.9 Å². The lowest BCUT2D eigenvalue weighted by atomic mass is 9.79. The van der Waals surface area contributed by atoms with Gasteiger partial charge in [0.25, 0.3) is 0 Å². The molecule has 0 unspecified atom stereocenters. The van der Waals surface area contributed by atoms with E-state index in [2.05, 4.69) is 0 Å². The maximum Gasteiger partial charge on any atom is 0.243 e. The van der Waals surface area contributed by atoms with Crippen molar-refractivity contribution in [3.63, 3.8) is 0 Å². The van der Waals surface area contributed by atoms with Gasteiger partial charge in [0.05, 0.1) is 27.6 Å². The number of benzene rings is 1. The van der Waals surface area contributed by atoms with Crippen molar-refractivity contribution in [3.05, 3.63) is 29.8 Å². The van der Waals surface area contributed by atoms with Gasteiger partial charge in [0, 0.05) is 25.4 Å². The Hall–Kier alpha value is -1.29. The van der Waals surface area contributed by atoms with Crippen molar-refractivity contribution >= 4 is 25.6 Å². The number of morpholine rings is 1. The Balaban J connectivity index is 1.61. The lowest BCUT2D eigenvalue weighted by molar-refractivity contribution is -0.123. The summed E-state index contributed by atoms with van der Waals surface area (Å²) in [4.78, 5) is 13.2. The highest BCUT2D eigenvalue weighted by Crippen LogP contribution is 2.33. The molecule has 1 heterocycles. The van der Waals surface area contributed by atoms with E-state index in [-0.39, 0.29) is 46.9 Å². The third-order valence-corrected chi connectivity index (χ3v) is 11.6. The second kappa shape index (κ2) is 10.4. The standard InChI is InChI=1S/C25H39NO6S2/c1-18-15-26(16-19(2)32-18)34(30,31)23-8-6-7-21(13-23)14-24(27)22-11-9-20(10-12-22)17-33(28,29)25(3,4)5/h6-8,13,18-20,22H,9-12,14-17H2,1-5H3/t18-,19+,20?,22?. The van der Waals surface area contributed by atoms with Gasteiger partial charge in [-0.3, -0.25) is 4.79 Å². The number of sulfone groups is 1. The zero-order valence-corrected chi connectivity index (χ0v) is 22.6. The van der Waals surface area contributed by atoms with Crippen LogP contribution in [0.5, 0.6) is 0 Å². The number of carbonyl (C=O) groups excluding carboxylic acids is 1. The number of Topliss-reactive ketones (excluding diaryl/α,β-unsaturated/α-hetero) is 1. The lowest BCUT2D eigenvalue weighted by Gasteiger charge is -2.34. The number of ketones is 1. The molecule has 1 aromatic rings. The average Bonchev–Trinajstić information content (AvgIpc) is 2.72. The summed E-state index contributed by atoms with van der Waals surface area (Å²) in [5.74, 6) is 0.269. The Kier molecular flexibility index (Phi) is 8.32. The van der Waals surface area contributed by atoms with Crippen LogP contribution in [0.2, 0.25) is 0 Å². The van der Waals surface area contributed by atoms with Crippen molar-refractivity contribution in [2.75, 3.05) is 18.8 Å². The minimum atomic E-state index is -3.66. The first-order chi connectivity index (χ1) is 15.7. The molecule has 0 N–H and O–H groups in total. The summed E-state index contributed by atoms with van der Waals surface area (Å²) in [6, 6.07) is 6.68. The molecular formula is C25H39NO6S2. The normalized spacial score (nSPS) is 27.4. The number of sulfonamides is 1. The van der Waals surface area contributed by atoms with Gasteiger partial charge in [0.15, 0.2) is 9.84 Å². The predicted molar refractivity (Wildman–Crippen MR) is 133 cm³/mol. The molecule has 1 aliphatic carbocycles. The number of hydrogen-bond donors (Lipinski definition) is 0. The summed E-state index contributed by atoms with van der Waals surface area (Å²) in [7, 11) is -6.84. The van der Waals surface area contributed by atoms with Gasteiger partial charge in [-0.25, -0.2) is 16.8 Å². The lowest BCUT2D eigenvalue weighted by Crippen LogP contribution is -2.48. The molecule has 34 heavy (non-hydrogen) atoms. The molecule has 0 radical (unpaired) electrons. The van der Waals surface area contributed by atoms with E-state index in [4.69, 9.17) is 4.74 Å². The van der Waals surface area contributed by atoms with Crippen molar-refractivity contribution in [3.8, 4) is 0 Å². The molecule has 3 rings (SSSR count). The maximum atomic E-state index is 13.2. The number of ether oxygens (including phenoxy) is 1. The molecule has 0 aromatic heterocycles. The van der Waals surface area contributed by atoms with E-state index < -0.39 is 24.6 Å². The molecule has 0 amide bonds. The monoisotopic (exact) mass is 513 g/mol. The third-order valence-electron chi connectivity index (χ3n) is 6.99. The van der Waals surface area contributed by atoms with E-state index in [1.54, 1.807) is 45.0 Å². The molecule has 2 aliphatic rings. The van der Waals surface area contributed by atoms with E-state index in [0.29, 0.717) is 31.5 Å². The van der Waals surface area contributed by atoms with E-state index in [9.17, 15) is 21.6 Å². The SMILES string of the molecule is C[C@@H]1CN(S(=O)(=O)c2cccc(CC(=O)C3CCC(CS(=O)(=O)C(C)(C)C)CC3)c2)C[C@H](C)O1. The second-order valence-corrected chi connectivity index (χ2v) is 15.7. The Labute approximate surface area is 205 Å². The summed E-state index contributed by atoms with van der Waals surface area (Å²) in [6.07, 6.45) is 2.68. The topological polar surface area (TPSA) is 97.8 Å². The van der Waals surface area contributed by atoms with Crippen molar-refractivity contribution in [1.29, 1.82) is 0 Å². The van der Waals surface area contributed by atoms with Crippen molar-refractivity contribution in [1.82, 2.24) is 4.31 Å². The maximum absolute atomic E-state index is 13.2. The fourth-order valence-electron chi connectivity index (χ4n) is 4.85. The van der Waals surface area contributed by atoms with Gasteiger partial charge >= 0.3 is 0 Å². The Morgan fingerprint density at radius 3 is 2.15 bits per heavy atom. The minimum absolute atomic E-state index is 0.0973. The highest BCUT2D eigenvalue weighted by atomic mass is 32.2. The number of rotatable bonds is 7. The van der Waals surface area contributed by atoms with Crippen molar-refractivity contribution in [2.45, 2.75) is 88.6 Å². The van der Waals surface area contributed by atoms with E-state index in [1.807, 2.05) is 13.8 Å². The highest BCUT2D eigenvalue weighted by Gasteiger charge is 2.35. The van der Waals surface area contributed by atoms with Crippen LogP contribution in [0.4, 0.5) is 0 Å². The number of hydrogen-bond acceptors (Lipinski definition) is 6. The van der Waals surface area contributed by atoms with Gasteiger partial charge in [0.1, 0.15) is 5.78 Å². The summed E-state index contributed by atoms with van der Waals surface area (Å²) in [5.41, 5.74) is 0.692. The van der Waals surface area contributed by atoms with Crippen LogP contribution in [0.15, 0.2) is 29.2 Å². The first kappa shape index (κ1) is 27.3. The molecule has 1 saturated carbocycles. The Bertz CT molecular complexity index is 1070.